The van der Waals surface area contributed by atoms with E-state index in [9.17, 15) is 15.0 Å². The van der Waals surface area contributed by atoms with Crippen molar-refractivity contribution in [1.29, 1.82) is 0 Å². The van der Waals surface area contributed by atoms with Crippen LogP contribution in [0, 0.1) is 11.3 Å². The highest BCUT2D eigenvalue weighted by Gasteiger charge is 2.40. The number of aliphatic hydroxyl groups excluding tert-OH is 2. The summed E-state index contributed by atoms with van der Waals surface area (Å²) in [7, 11) is 0. The molecule has 3 unspecified atom stereocenters. The Balaban J connectivity index is 3.13. The second kappa shape index (κ2) is 4.91. The highest BCUT2D eigenvalue weighted by molar-refractivity contribution is 6.00. The second-order valence-electron chi connectivity index (χ2n) is 5.87. The molecule has 0 aromatic heterocycles. The summed E-state index contributed by atoms with van der Waals surface area (Å²) < 4.78 is 0. The molecule has 1 aliphatic rings. The van der Waals surface area contributed by atoms with Crippen molar-refractivity contribution in [3.05, 3.63) is 11.1 Å². The van der Waals surface area contributed by atoms with Crippen LogP contribution < -0.4 is 0 Å². The maximum Gasteiger partial charge on any atom is 0.190 e. The molecule has 0 bridgehead atoms. The van der Waals surface area contributed by atoms with Crippen LogP contribution in [0.5, 0.6) is 0 Å². The number of ketones is 1. The van der Waals surface area contributed by atoms with Crippen LogP contribution in [0.4, 0.5) is 0 Å². The Morgan fingerprint density at radius 1 is 1.41 bits per heavy atom. The summed E-state index contributed by atoms with van der Waals surface area (Å²) in [6, 6.07) is 0. The molecule has 2 N–H and O–H groups in total. The summed E-state index contributed by atoms with van der Waals surface area (Å²) in [6.07, 6.45) is -0.348. The number of carbonyl (C=O) groups excluding carboxylic acids is 1. The molecule has 0 aromatic carbocycles. The predicted octanol–water partition coefficient (Wildman–Crippen LogP) is 2.07. The van der Waals surface area contributed by atoms with Gasteiger partial charge in [0.1, 0.15) is 6.10 Å². The lowest BCUT2D eigenvalue weighted by Gasteiger charge is -2.40. The van der Waals surface area contributed by atoms with Crippen molar-refractivity contribution >= 4 is 5.78 Å². The molecule has 0 saturated carbocycles. The number of Topliss-reactive ketones (excluding diaryl/α,β-unsaturated/α-hetero) is 1. The molecule has 17 heavy (non-hydrogen) atoms. The third-order valence-electron chi connectivity index (χ3n) is 4.23. The number of rotatable bonds is 3. The van der Waals surface area contributed by atoms with Crippen molar-refractivity contribution in [1.82, 2.24) is 0 Å². The first-order valence-electron chi connectivity index (χ1n) is 6.30. The number of aliphatic hydroxyl groups is 2. The van der Waals surface area contributed by atoms with Crippen molar-refractivity contribution in [3.63, 3.8) is 0 Å². The molecule has 0 heterocycles. The standard InChI is InChI=1S/C14H24O3/c1-8-6-7-9(2)14(4,5)11(8)13(17)12(16)10(3)15/h9-10,12,15-16H,6-7H2,1-5H3. The highest BCUT2D eigenvalue weighted by atomic mass is 16.3. The Bertz CT molecular complexity index is 339. The fourth-order valence-electron chi connectivity index (χ4n) is 2.61. The predicted molar refractivity (Wildman–Crippen MR) is 67.6 cm³/mol. The molecule has 0 fully saturated rings. The van der Waals surface area contributed by atoms with Gasteiger partial charge < -0.3 is 10.2 Å². The van der Waals surface area contributed by atoms with Gasteiger partial charge in [-0.2, -0.15) is 0 Å². The smallest absolute Gasteiger partial charge is 0.190 e. The molecular weight excluding hydrogens is 216 g/mol. The zero-order valence-electron chi connectivity index (χ0n) is 11.4. The van der Waals surface area contributed by atoms with Crippen LogP contribution in [-0.4, -0.2) is 28.2 Å². The number of carbonyl (C=O) groups is 1. The van der Waals surface area contributed by atoms with Crippen molar-refractivity contribution in [2.75, 3.05) is 0 Å². The largest absolute Gasteiger partial charge is 0.390 e. The first-order chi connectivity index (χ1) is 7.69. The maximum absolute atomic E-state index is 12.2. The van der Waals surface area contributed by atoms with E-state index in [1.54, 1.807) is 0 Å². The van der Waals surface area contributed by atoms with E-state index in [1.807, 2.05) is 20.8 Å². The van der Waals surface area contributed by atoms with E-state index in [4.69, 9.17) is 0 Å². The van der Waals surface area contributed by atoms with Crippen LogP contribution >= 0.6 is 0 Å². The van der Waals surface area contributed by atoms with E-state index in [0.717, 1.165) is 18.4 Å². The second-order valence-corrected chi connectivity index (χ2v) is 5.87. The molecule has 0 aliphatic heterocycles. The Hall–Kier alpha value is -0.670. The number of hydrogen-bond donors (Lipinski definition) is 2. The average Bonchev–Trinajstić information content (AvgIpc) is 2.22. The van der Waals surface area contributed by atoms with Gasteiger partial charge in [-0.15, -0.1) is 0 Å². The van der Waals surface area contributed by atoms with Gasteiger partial charge in [-0.25, -0.2) is 0 Å². The Morgan fingerprint density at radius 3 is 2.41 bits per heavy atom. The molecule has 1 aliphatic carbocycles. The van der Waals surface area contributed by atoms with E-state index in [-0.39, 0.29) is 11.2 Å². The molecule has 0 aromatic rings. The molecule has 1 rings (SSSR count). The van der Waals surface area contributed by atoms with Crippen molar-refractivity contribution in [2.24, 2.45) is 11.3 Å². The van der Waals surface area contributed by atoms with E-state index in [1.165, 1.54) is 6.92 Å². The minimum atomic E-state index is -1.30. The fraction of sp³-hybridized carbons (Fsp3) is 0.786. The first-order valence-corrected chi connectivity index (χ1v) is 6.30. The van der Waals surface area contributed by atoms with Gasteiger partial charge in [0, 0.05) is 5.57 Å². The number of allylic oxidation sites excluding steroid dienone is 1. The molecule has 0 amide bonds. The molecule has 98 valence electrons. The van der Waals surface area contributed by atoms with Crippen LogP contribution in [0.2, 0.25) is 0 Å². The van der Waals surface area contributed by atoms with E-state index >= 15 is 0 Å². The summed E-state index contributed by atoms with van der Waals surface area (Å²) in [5, 5.41) is 19.1. The van der Waals surface area contributed by atoms with Crippen LogP contribution in [-0.2, 0) is 4.79 Å². The van der Waals surface area contributed by atoms with Gasteiger partial charge in [-0.3, -0.25) is 4.79 Å². The minimum absolute atomic E-state index is 0.227. The highest BCUT2D eigenvalue weighted by Crippen LogP contribution is 2.45. The third-order valence-corrected chi connectivity index (χ3v) is 4.23. The van der Waals surface area contributed by atoms with Crippen molar-refractivity contribution < 1.29 is 15.0 Å². The fourth-order valence-corrected chi connectivity index (χ4v) is 2.61. The summed E-state index contributed by atoms with van der Waals surface area (Å²) in [5.74, 6) is 0.0976. The average molecular weight is 240 g/mol. The van der Waals surface area contributed by atoms with Crippen LogP contribution in [0.1, 0.15) is 47.5 Å². The Morgan fingerprint density at radius 2 is 1.94 bits per heavy atom. The summed E-state index contributed by atoms with van der Waals surface area (Å²) in [5.41, 5.74) is 1.54. The molecular formula is C14H24O3. The lowest BCUT2D eigenvalue weighted by Crippen LogP contribution is -2.40. The summed E-state index contributed by atoms with van der Waals surface area (Å²) in [6.45, 7) is 9.62. The van der Waals surface area contributed by atoms with E-state index in [2.05, 4.69) is 6.92 Å². The maximum atomic E-state index is 12.2. The Kier molecular flexibility index (Phi) is 4.15. The van der Waals surface area contributed by atoms with Crippen LogP contribution in [0.25, 0.3) is 0 Å². The van der Waals surface area contributed by atoms with Gasteiger partial charge in [-0.05, 0) is 38.0 Å². The summed E-state index contributed by atoms with van der Waals surface area (Å²) in [4.78, 5) is 12.2. The van der Waals surface area contributed by atoms with Gasteiger partial charge in [0.05, 0.1) is 6.10 Å². The van der Waals surface area contributed by atoms with E-state index < -0.39 is 12.2 Å². The van der Waals surface area contributed by atoms with Gasteiger partial charge >= 0.3 is 0 Å². The van der Waals surface area contributed by atoms with Crippen molar-refractivity contribution in [2.45, 2.75) is 59.7 Å². The normalized spacial score (nSPS) is 27.8. The van der Waals surface area contributed by atoms with Gasteiger partial charge in [0.15, 0.2) is 5.78 Å². The molecule has 3 heteroatoms. The van der Waals surface area contributed by atoms with Gasteiger partial charge in [0.2, 0.25) is 0 Å². The third kappa shape index (κ3) is 2.61. The molecule has 0 spiro atoms. The SMILES string of the molecule is CC1=C(C(=O)C(O)C(C)O)C(C)(C)C(C)CC1. The number of hydrogen-bond acceptors (Lipinski definition) is 3. The quantitative estimate of drug-likeness (QED) is 0.794. The lowest BCUT2D eigenvalue weighted by molar-refractivity contribution is -0.129. The monoisotopic (exact) mass is 240 g/mol. The topological polar surface area (TPSA) is 57.5 Å². The zero-order chi connectivity index (χ0) is 13.4. The molecule has 0 radical (unpaired) electrons. The molecule has 0 saturated heterocycles. The molecule has 3 atom stereocenters. The van der Waals surface area contributed by atoms with Crippen LogP contribution in [0.15, 0.2) is 11.1 Å². The lowest BCUT2D eigenvalue weighted by atomic mass is 9.64. The van der Waals surface area contributed by atoms with Crippen molar-refractivity contribution in [3.8, 4) is 0 Å². The summed E-state index contributed by atoms with van der Waals surface area (Å²) >= 11 is 0. The van der Waals surface area contributed by atoms with E-state index in [0.29, 0.717) is 11.5 Å². The molecule has 3 nitrogen and oxygen atoms in total. The van der Waals surface area contributed by atoms with Gasteiger partial charge in [0.25, 0.3) is 0 Å². The van der Waals surface area contributed by atoms with Crippen LogP contribution in [0.3, 0.4) is 0 Å². The minimum Gasteiger partial charge on any atom is -0.390 e. The zero-order valence-corrected chi connectivity index (χ0v) is 11.4. The first kappa shape index (κ1) is 14.4. The Labute approximate surface area is 104 Å². The van der Waals surface area contributed by atoms with Gasteiger partial charge in [-0.1, -0.05) is 26.3 Å².